The van der Waals surface area contributed by atoms with E-state index in [1.807, 2.05) is 0 Å². The summed E-state index contributed by atoms with van der Waals surface area (Å²) >= 11 is 0. The van der Waals surface area contributed by atoms with Crippen LogP contribution in [0.4, 0.5) is 0 Å². The second kappa shape index (κ2) is 5.08. The summed E-state index contributed by atoms with van der Waals surface area (Å²) in [6.07, 6.45) is 0.211. The van der Waals surface area contributed by atoms with Crippen molar-refractivity contribution in [2.24, 2.45) is 5.92 Å². The summed E-state index contributed by atoms with van der Waals surface area (Å²) in [6, 6.07) is 5.00. The van der Waals surface area contributed by atoms with E-state index in [2.05, 4.69) is 0 Å². The minimum Gasteiger partial charge on any atom is -0.481 e. The lowest BCUT2D eigenvalue weighted by atomic mass is 9.97. The van der Waals surface area contributed by atoms with Crippen LogP contribution in [0.2, 0.25) is 0 Å². The number of hydrogen-bond donors (Lipinski definition) is 1. The fourth-order valence-corrected chi connectivity index (χ4v) is 1.87. The number of rotatable bonds is 5. The maximum atomic E-state index is 11.9. The van der Waals surface area contributed by atoms with Crippen molar-refractivity contribution in [2.75, 3.05) is 6.79 Å². The van der Waals surface area contributed by atoms with E-state index < -0.39 is 5.97 Å². The van der Waals surface area contributed by atoms with Gasteiger partial charge in [-0.05, 0) is 24.1 Å². The van der Waals surface area contributed by atoms with E-state index in [0.29, 0.717) is 17.1 Å². The van der Waals surface area contributed by atoms with Gasteiger partial charge in [0, 0.05) is 18.4 Å². The van der Waals surface area contributed by atoms with Gasteiger partial charge in [-0.3, -0.25) is 9.59 Å². The molecular weight excluding hydrogens is 236 g/mol. The van der Waals surface area contributed by atoms with E-state index >= 15 is 0 Å². The van der Waals surface area contributed by atoms with Crippen molar-refractivity contribution >= 4 is 11.8 Å². The number of carbonyl (C=O) groups is 2. The predicted molar refractivity (Wildman–Crippen MR) is 62.9 cm³/mol. The lowest BCUT2D eigenvalue weighted by Crippen LogP contribution is -2.10. The minimum atomic E-state index is -0.888. The molecule has 0 saturated carbocycles. The summed E-state index contributed by atoms with van der Waals surface area (Å²) in [5, 5.41) is 8.65. The molecule has 2 rings (SSSR count). The first-order valence-corrected chi connectivity index (χ1v) is 5.71. The third-order valence-electron chi connectivity index (χ3n) is 2.75. The zero-order valence-electron chi connectivity index (χ0n) is 10.0. The molecule has 0 aromatic heterocycles. The highest BCUT2D eigenvalue weighted by atomic mass is 16.7. The van der Waals surface area contributed by atoms with E-state index in [-0.39, 0.29) is 31.3 Å². The Morgan fingerprint density at radius 2 is 2.00 bits per heavy atom. The average Bonchev–Trinajstić information content (AvgIpc) is 2.74. The normalized spacial score (nSPS) is 14.3. The van der Waals surface area contributed by atoms with Gasteiger partial charge in [0.05, 0.1) is 0 Å². The first-order chi connectivity index (χ1) is 8.56. The fraction of sp³-hybridized carbons (Fsp3) is 0.385. The molecule has 18 heavy (non-hydrogen) atoms. The molecule has 1 aromatic carbocycles. The zero-order valence-corrected chi connectivity index (χ0v) is 10.0. The fourth-order valence-electron chi connectivity index (χ4n) is 1.87. The van der Waals surface area contributed by atoms with Crippen LogP contribution in [0, 0.1) is 5.92 Å². The maximum absolute atomic E-state index is 11.9. The van der Waals surface area contributed by atoms with Gasteiger partial charge in [0.15, 0.2) is 17.3 Å². The molecule has 96 valence electrons. The van der Waals surface area contributed by atoms with Gasteiger partial charge in [-0.15, -0.1) is 0 Å². The molecule has 0 radical (unpaired) electrons. The summed E-state index contributed by atoms with van der Waals surface area (Å²) in [7, 11) is 0. The summed E-state index contributed by atoms with van der Waals surface area (Å²) in [5.41, 5.74) is 0.525. The SMILES string of the molecule is C[C@@H](CC(=O)O)CC(=O)c1ccc2c(c1)OCO2. The van der Waals surface area contributed by atoms with Crippen molar-refractivity contribution < 1.29 is 24.2 Å². The Bertz CT molecular complexity index is 480. The first kappa shape index (κ1) is 12.4. The van der Waals surface area contributed by atoms with Gasteiger partial charge in [0.2, 0.25) is 6.79 Å². The van der Waals surface area contributed by atoms with Crippen molar-refractivity contribution in [2.45, 2.75) is 19.8 Å². The Kier molecular flexibility index (Phi) is 3.50. The molecule has 0 spiro atoms. The molecule has 1 heterocycles. The Morgan fingerprint density at radius 3 is 2.72 bits per heavy atom. The minimum absolute atomic E-state index is 0.00368. The molecule has 1 atom stereocenters. The molecule has 0 saturated heterocycles. The van der Waals surface area contributed by atoms with Crippen LogP contribution in [0.5, 0.6) is 11.5 Å². The molecule has 1 N–H and O–H groups in total. The molecule has 1 aliphatic heterocycles. The Morgan fingerprint density at radius 1 is 1.28 bits per heavy atom. The second-order valence-corrected chi connectivity index (χ2v) is 4.40. The maximum Gasteiger partial charge on any atom is 0.303 e. The van der Waals surface area contributed by atoms with Gasteiger partial charge >= 0.3 is 5.97 Å². The standard InChI is InChI=1S/C13H14O5/c1-8(5-13(15)16)4-10(14)9-2-3-11-12(6-9)18-7-17-11/h2-3,6,8H,4-5,7H2,1H3,(H,15,16)/t8-/m1/s1. The van der Waals surface area contributed by atoms with Crippen LogP contribution >= 0.6 is 0 Å². The Hall–Kier alpha value is -2.04. The molecule has 5 nitrogen and oxygen atoms in total. The summed E-state index contributed by atoms with van der Waals surface area (Å²) in [4.78, 5) is 22.5. The van der Waals surface area contributed by atoms with Gasteiger partial charge in [-0.1, -0.05) is 6.92 Å². The van der Waals surface area contributed by atoms with Crippen molar-refractivity contribution in [1.82, 2.24) is 0 Å². The van der Waals surface area contributed by atoms with Crippen LogP contribution in [0.1, 0.15) is 30.1 Å². The van der Waals surface area contributed by atoms with Crippen molar-refractivity contribution in [3.63, 3.8) is 0 Å². The van der Waals surface area contributed by atoms with E-state index in [1.54, 1.807) is 25.1 Å². The number of ether oxygens (including phenoxy) is 2. The Labute approximate surface area is 104 Å². The van der Waals surface area contributed by atoms with E-state index in [4.69, 9.17) is 14.6 Å². The molecular formula is C13H14O5. The Balaban J connectivity index is 2.03. The molecule has 5 heteroatoms. The average molecular weight is 250 g/mol. The van der Waals surface area contributed by atoms with E-state index in [0.717, 1.165) is 0 Å². The number of Topliss-reactive ketones (excluding diaryl/α,β-unsaturated/α-hetero) is 1. The number of aliphatic carboxylic acids is 1. The van der Waals surface area contributed by atoms with E-state index in [9.17, 15) is 9.59 Å². The second-order valence-electron chi connectivity index (χ2n) is 4.40. The number of fused-ring (bicyclic) bond motifs is 1. The van der Waals surface area contributed by atoms with Crippen LogP contribution in [-0.4, -0.2) is 23.7 Å². The predicted octanol–water partition coefficient (Wildman–Crippen LogP) is 2.10. The highest BCUT2D eigenvalue weighted by Gasteiger charge is 2.18. The number of carbonyl (C=O) groups excluding carboxylic acids is 1. The van der Waals surface area contributed by atoms with Gasteiger partial charge < -0.3 is 14.6 Å². The number of carboxylic acid groups (broad SMARTS) is 1. The quantitative estimate of drug-likeness (QED) is 0.810. The van der Waals surface area contributed by atoms with Crippen molar-refractivity contribution in [3.05, 3.63) is 23.8 Å². The van der Waals surface area contributed by atoms with Gasteiger partial charge in [0.1, 0.15) is 0 Å². The van der Waals surface area contributed by atoms with Gasteiger partial charge in [-0.2, -0.15) is 0 Å². The largest absolute Gasteiger partial charge is 0.481 e. The van der Waals surface area contributed by atoms with Gasteiger partial charge in [-0.25, -0.2) is 0 Å². The molecule has 0 amide bonds. The molecule has 0 unspecified atom stereocenters. The number of hydrogen-bond acceptors (Lipinski definition) is 4. The topological polar surface area (TPSA) is 72.8 Å². The highest BCUT2D eigenvalue weighted by molar-refractivity contribution is 5.97. The lowest BCUT2D eigenvalue weighted by molar-refractivity contribution is -0.137. The van der Waals surface area contributed by atoms with E-state index in [1.165, 1.54) is 0 Å². The number of ketones is 1. The number of benzene rings is 1. The summed E-state index contributed by atoms with van der Waals surface area (Å²) in [5.74, 6) is 0.0420. The van der Waals surface area contributed by atoms with Gasteiger partial charge in [0.25, 0.3) is 0 Å². The highest BCUT2D eigenvalue weighted by Crippen LogP contribution is 2.33. The zero-order chi connectivity index (χ0) is 13.1. The smallest absolute Gasteiger partial charge is 0.303 e. The molecule has 0 bridgehead atoms. The van der Waals surface area contributed by atoms with Crippen LogP contribution in [-0.2, 0) is 4.79 Å². The van der Waals surface area contributed by atoms with Crippen LogP contribution < -0.4 is 9.47 Å². The number of carboxylic acids is 1. The third-order valence-corrected chi connectivity index (χ3v) is 2.75. The van der Waals surface area contributed by atoms with Crippen LogP contribution in [0.3, 0.4) is 0 Å². The lowest BCUT2D eigenvalue weighted by Gasteiger charge is -2.08. The monoisotopic (exact) mass is 250 g/mol. The van der Waals surface area contributed by atoms with Crippen molar-refractivity contribution in [1.29, 1.82) is 0 Å². The molecule has 1 aliphatic rings. The first-order valence-electron chi connectivity index (χ1n) is 5.71. The summed E-state index contributed by atoms with van der Waals surface area (Å²) in [6.45, 7) is 1.92. The third kappa shape index (κ3) is 2.80. The summed E-state index contributed by atoms with van der Waals surface area (Å²) < 4.78 is 10.3. The van der Waals surface area contributed by atoms with Crippen LogP contribution in [0.15, 0.2) is 18.2 Å². The van der Waals surface area contributed by atoms with Crippen molar-refractivity contribution in [3.8, 4) is 11.5 Å². The molecule has 1 aromatic rings. The molecule has 0 fully saturated rings. The molecule has 0 aliphatic carbocycles. The van der Waals surface area contributed by atoms with Crippen LogP contribution in [0.25, 0.3) is 0 Å².